The van der Waals surface area contributed by atoms with Gasteiger partial charge in [-0.25, -0.2) is 0 Å². The maximum Gasteiger partial charge on any atom is 0.289 e. The van der Waals surface area contributed by atoms with Gasteiger partial charge in [-0.3, -0.25) is 4.79 Å². The highest BCUT2D eigenvalue weighted by molar-refractivity contribution is 6.34. The second-order valence-electron chi connectivity index (χ2n) is 5.78. The number of rotatable bonds is 2. The van der Waals surface area contributed by atoms with Crippen molar-refractivity contribution in [1.82, 2.24) is 4.90 Å². The number of halogens is 1. The number of hydrogen-bond donors (Lipinski definition) is 1. The van der Waals surface area contributed by atoms with Crippen molar-refractivity contribution in [2.45, 2.75) is 25.8 Å². The maximum atomic E-state index is 12.6. The predicted octanol–water partition coefficient (Wildman–Crippen LogP) is 3.29. The number of furan rings is 1. The summed E-state index contributed by atoms with van der Waals surface area (Å²) >= 11 is 6.09. The summed E-state index contributed by atoms with van der Waals surface area (Å²) in [6.45, 7) is 3.45. The van der Waals surface area contributed by atoms with Crippen LogP contribution in [0, 0.1) is 5.92 Å². The monoisotopic (exact) mass is 306 g/mol. The van der Waals surface area contributed by atoms with E-state index in [4.69, 9.17) is 21.8 Å². The molecule has 21 heavy (non-hydrogen) atoms. The van der Waals surface area contributed by atoms with Crippen LogP contribution in [0.2, 0.25) is 5.02 Å². The van der Waals surface area contributed by atoms with Gasteiger partial charge in [0.15, 0.2) is 11.3 Å². The fourth-order valence-electron chi connectivity index (χ4n) is 2.91. The van der Waals surface area contributed by atoms with Crippen molar-refractivity contribution < 1.29 is 9.21 Å². The van der Waals surface area contributed by atoms with Crippen LogP contribution in [-0.4, -0.2) is 29.9 Å². The molecule has 0 radical (unpaired) electrons. The Balaban J connectivity index is 1.84. The third kappa shape index (κ3) is 2.78. The number of benzene rings is 1. The van der Waals surface area contributed by atoms with Crippen molar-refractivity contribution in [3.8, 4) is 0 Å². The standard InChI is InChI=1S/C16H19ClN2O2/c1-10(18)12-5-3-7-19(9-12)16(20)14-8-11-4-2-6-13(17)15(11)21-14/h2,4,6,8,10,12H,3,5,7,9,18H2,1H3. The fourth-order valence-corrected chi connectivity index (χ4v) is 3.13. The molecule has 0 bridgehead atoms. The summed E-state index contributed by atoms with van der Waals surface area (Å²) in [4.78, 5) is 14.4. The molecule has 1 aromatic heterocycles. The van der Waals surface area contributed by atoms with Crippen LogP contribution in [0.25, 0.3) is 11.0 Å². The Kier molecular flexibility index (Phi) is 3.91. The lowest BCUT2D eigenvalue weighted by atomic mass is 9.92. The summed E-state index contributed by atoms with van der Waals surface area (Å²) in [5, 5.41) is 1.38. The smallest absolute Gasteiger partial charge is 0.289 e. The Bertz CT molecular complexity index is 665. The normalized spacial score (nSPS) is 20.7. The lowest BCUT2D eigenvalue weighted by Gasteiger charge is -2.34. The lowest BCUT2D eigenvalue weighted by molar-refractivity contribution is 0.0631. The van der Waals surface area contributed by atoms with Crippen molar-refractivity contribution in [1.29, 1.82) is 0 Å². The molecule has 1 amide bonds. The number of amides is 1. The number of carbonyl (C=O) groups is 1. The molecule has 5 heteroatoms. The molecule has 4 nitrogen and oxygen atoms in total. The fraction of sp³-hybridized carbons (Fsp3) is 0.438. The van der Waals surface area contributed by atoms with E-state index in [1.54, 1.807) is 12.1 Å². The molecule has 0 aliphatic carbocycles. The van der Waals surface area contributed by atoms with Gasteiger partial charge in [-0.05, 0) is 37.8 Å². The molecule has 2 N–H and O–H groups in total. The highest BCUT2D eigenvalue weighted by Crippen LogP contribution is 2.28. The second-order valence-corrected chi connectivity index (χ2v) is 6.19. The first-order chi connectivity index (χ1) is 10.1. The molecular formula is C16H19ClN2O2. The van der Waals surface area contributed by atoms with Crippen molar-refractivity contribution in [2.75, 3.05) is 13.1 Å². The minimum atomic E-state index is -0.0763. The van der Waals surface area contributed by atoms with E-state index in [0.29, 0.717) is 28.8 Å². The van der Waals surface area contributed by atoms with E-state index in [2.05, 4.69) is 0 Å². The maximum absolute atomic E-state index is 12.6. The number of piperidine rings is 1. The van der Waals surface area contributed by atoms with E-state index in [1.807, 2.05) is 24.0 Å². The van der Waals surface area contributed by atoms with Gasteiger partial charge in [0.05, 0.1) is 5.02 Å². The summed E-state index contributed by atoms with van der Waals surface area (Å²) < 4.78 is 5.66. The van der Waals surface area contributed by atoms with Crippen molar-refractivity contribution in [3.05, 3.63) is 35.0 Å². The minimum Gasteiger partial charge on any atom is -0.449 e. The molecule has 1 fully saturated rings. The molecule has 2 atom stereocenters. The molecular weight excluding hydrogens is 288 g/mol. The number of hydrogen-bond acceptors (Lipinski definition) is 3. The number of fused-ring (bicyclic) bond motifs is 1. The first kappa shape index (κ1) is 14.4. The Labute approximate surface area is 128 Å². The zero-order chi connectivity index (χ0) is 15.0. The molecule has 2 heterocycles. The van der Waals surface area contributed by atoms with E-state index in [0.717, 1.165) is 24.8 Å². The van der Waals surface area contributed by atoms with Gasteiger partial charge < -0.3 is 15.1 Å². The highest BCUT2D eigenvalue weighted by atomic mass is 35.5. The Morgan fingerprint density at radius 3 is 3.05 bits per heavy atom. The third-order valence-electron chi connectivity index (χ3n) is 4.20. The van der Waals surface area contributed by atoms with Crippen molar-refractivity contribution in [2.24, 2.45) is 11.7 Å². The molecule has 1 saturated heterocycles. The zero-order valence-corrected chi connectivity index (χ0v) is 12.8. The molecule has 1 aromatic carbocycles. The molecule has 3 rings (SSSR count). The molecule has 0 saturated carbocycles. The quantitative estimate of drug-likeness (QED) is 0.926. The Morgan fingerprint density at radius 2 is 2.33 bits per heavy atom. The van der Waals surface area contributed by atoms with Gasteiger partial charge in [0.2, 0.25) is 0 Å². The molecule has 1 aliphatic rings. The van der Waals surface area contributed by atoms with Crippen LogP contribution in [-0.2, 0) is 0 Å². The summed E-state index contributed by atoms with van der Waals surface area (Å²) in [6.07, 6.45) is 2.06. The van der Waals surface area contributed by atoms with Gasteiger partial charge in [-0.15, -0.1) is 0 Å². The Hall–Kier alpha value is -1.52. The molecule has 112 valence electrons. The number of nitrogens with two attached hydrogens (primary N) is 1. The van der Waals surface area contributed by atoms with Crippen molar-refractivity contribution >= 4 is 28.5 Å². The molecule has 0 spiro atoms. The van der Waals surface area contributed by atoms with Crippen LogP contribution in [0.15, 0.2) is 28.7 Å². The SMILES string of the molecule is CC(N)C1CCCN(C(=O)c2cc3cccc(Cl)c3o2)C1. The first-order valence-electron chi connectivity index (χ1n) is 7.29. The number of nitrogens with zero attached hydrogens (tertiary/aromatic N) is 1. The molecule has 1 aliphatic heterocycles. The lowest BCUT2D eigenvalue weighted by Crippen LogP contribution is -2.44. The van der Waals surface area contributed by atoms with Gasteiger partial charge in [0.1, 0.15) is 0 Å². The zero-order valence-electron chi connectivity index (χ0n) is 12.0. The number of carbonyl (C=O) groups excluding carboxylic acids is 1. The number of para-hydroxylation sites is 1. The summed E-state index contributed by atoms with van der Waals surface area (Å²) in [5.74, 6) is 0.631. The largest absolute Gasteiger partial charge is 0.449 e. The number of likely N-dealkylation sites (tertiary alicyclic amines) is 1. The average Bonchev–Trinajstić information content (AvgIpc) is 2.92. The van der Waals surface area contributed by atoms with Crippen LogP contribution in [0.4, 0.5) is 0 Å². The van der Waals surface area contributed by atoms with Crippen LogP contribution < -0.4 is 5.73 Å². The highest BCUT2D eigenvalue weighted by Gasteiger charge is 2.28. The predicted molar refractivity (Wildman–Crippen MR) is 83.5 cm³/mol. The van der Waals surface area contributed by atoms with Gasteiger partial charge >= 0.3 is 0 Å². The van der Waals surface area contributed by atoms with E-state index < -0.39 is 0 Å². The second kappa shape index (κ2) is 5.70. The van der Waals surface area contributed by atoms with Crippen LogP contribution >= 0.6 is 11.6 Å². The van der Waals surface area contributed by atoms with E-state index >= 15 is 0 Å². The first-order valence-corrected chi connectivity index (χ1v) is 7.67. The summed E-state index contributed by atoms with van der Waals surface area (Å²) in [5.41, 5.74) is 6.54. The van der Waals surface area contributed by atoms with E-state index in [9.17, 15) is 4.79 Å². The Morgan fingerprint density at radius 1 is 1.52 bits per heavy atom. The van der Waals surface area contributed by atoms with Gasteiger partial charge in [0, 0.05) is 24.5 Å². The third-order valence-corrected chi connectivity index (χ3v) is 4.49. The van der Waals surface area contributed by atoms with E-state index in [1.165, 1.54) is 0 Å². The van der Waals surface area contributed by atoms with Crippen LogP contribution in [0.5, 0.6) is 0 Å². The van der Waals surface area contributed by atoms with E-state index in [-0.39, 0.29) is 11.9 Å². The topological polar surface area (TPSA) is 59.5 Å². The van der Waals surface area contributed by atoms with Gasteiger partial charge in [-0.2, -0.15) is 0 Å². The van der Waals surface area contributed by atoms with Gasteiger partial charge in [-0.1, -0.05) is 23.7 Å². The molecule has 2 aromatic rings. The summed E-state index contributed by atoms with van der Waals surface area (Å²) in [7, 11) is 0. The minimum absolute atomic E-state index is 0.0763. The average molecular weight is 307 g/mol. The van der Waals surface area contributed by atoms with Crippen LogP contribution in [0.1, 0.15) is 30.3 Å². The molecule has 2 unspecified atom stereocenters. The summed E-state index contributed by atoms with van der Waals surface area (Å²) in [6, 6.07) is 7.36. The van der Waals surface area contributed by atoms with Gasteiger partial charge in [0.25, 0.3) is 5.91 Å². The van der Waals surface area contributed by atoms with Crippen LogP contribution in [0.3, 0.4) is 0 Å². The van der Waals surface area contributed by atoms with Crippen molar-refractivity contribution in [3.63, 3.8) is 0 Å².